The number of fused-ring (bicyclic) bond motifs is 1. The zero-order chi connectivity index (χ0) is 20.8. The van der Waals surface area contributed by atoms with Crippen LogP contribution >= 0.6 is 0 Å². The molecule has 0 aliphatic carbocycles. The molecule has 1 aromatic carbocycles. The minimum absolute atomic E-state index is 0.0550. The van der Waals surface area contributed by atoms with Crippen LogP contribution in [-0.2, 0) is 17.5 Å². The normalized spacial score (nSPS) is 19.2. The standard InChI is InChI=1S/C17H21BN5O6/c19-15(12-6-20-22-21-12)16(24)23-7-10(8-23)29-13-2-1-9-3-4-18(27,28)5-11(9)14(13)17(25)26/h1-2,6,10,15,27-28H,3-5,7-8,19H2,(H,25,26)(H,20,21,22)/q-1. The Balaban J connectivity index is 1.46. The van der Waals surface area contributed by atoms with Gasteiger partial charge in [0.05, 0.1) is 19.3 Å². The van der Waals surface area contributed by atoms with Crippen LogP contribution in [0.4, 0.5) is 0 Å². The molecule has 6 N–H and O–H groups in total. The van der Waals surface area contributed by atoms with E-state index in [1.54, 1.807) is 12.1 Å². The number of rotatable bonds is 5. The molecule has 0 bridgehead atoms. The third-order valence-electron chi connectivity index (χ3n) is 5.46. The Kier molecular flexibility index (Phi) is 4.77. The number of aryl methyl sites for hydroxylation is 1. The molecular formula is C17H21BN5O6-. The van der Waals surface area contributed by atoms with E-state index in [4.69, 9.17) is 10.5 Å². The molecule has 29 heavy (non-hydrogen) atoms. The SMILES string of the molecule is NC(C(=O)N1CC(Oc2ccc3c(c2C(=O)O)C[B-](O)(O)CC3)C1)c1cn[nH]n1. The van der Waals surface area contributed by atoms with Gasteiger partial charge in [0, 0.05) is 0 Å². The average Bonchev–Trinajstić information content (AvgIpc) is 3.16. The minimum atomic E-state index is -2.61. The largest absolute Gasteiger partial charge is 0.583 e. The van der Waals surface area contributed by atoms with E-state index in [2.05, 4.69) is 15.4 Å². The summed E-state index contributed by atoms with van der Waals surface area (Å²) in [4.78, 5) is 25.7. The molecule has 4 rings (SSSR count). The van der Waals surface area contributed by atoms with Crippen LogP contribution in [-0.4, -0.2) is 73.1 Å². The number of nitrogens with zero attached hydrogens (tertiary/aromatic N) is 3. The number of nitrogens with one attached hydrogen (secondary N) is 1. The highest BCUT2D eigenvalue weighted by molar-refractivity contribution is 6.64. The van der Waals surface area contributed by atoms with E-state index in [-0.39, 0.29) is 49.1 Å². The topological polar surface area (TPSA) is 175 Å². The third kappa shape index (κ3) is 3.69. The first-order valence-electron chi connectivity index (χ1n) is 9.32. The number of carbonyl (C=O) groups excluding carboxylic acids is 1. The van der Waals surface area contributed by atoms with Gasteiger partial charge in [0.2, 0.25) is 12.5 Å². The Morgan fingerprint density at radius 2 is 2.10 bits per heavy atom. The van der Waals surface area contributed by atoms with E-state index < -0.39 is 18.6 Å². The van der Waals surface area contributed by atoms with Crippen molar-refractivity contribution in [3.63, 3.8) is 0 Å². The minimum Gasteiger partial charge on any atom is -0.583 e. The fourth-order valence-corrected chi connectivity index (χ4v) is 3.84. The van der Waals surface area contributed by atoms with Gasteiger partial charge in [-0.2, -0.15) is 15.4 Å². The first-order chi connectivity index (χ1) is 13.7. The molecule has 11 nitrogen and oxygen atoms in total. The number of carbonyl (C=O) groups is 2. The van der Waals surface area contributed by atoms with Crippen LogP contribution in [0.15, 0.2) is 18.3 Å². The van der Waals surface area contributed by atoms with Crippen LogP contribution in [0.2, 0.25) is 6.32 Å². The third-order valence-corrected chi connectivity index (χ3v) is 5.46. The number of ether oxygens (including phenoxy) is 1. The fourth-order valence-electron chi connectivity index (χ4n) is 3.84. The lowest BCUT2D eigenvalue weighted by molar-refractivity contribution is -0.141. The van der Waals surface area contributed by atoms with Gasteiger partial charge < -0.3 is 30.5 Å². The van der Waals surface area contributed by atoms with Crippen molar-refractivity contribution in [2.75, 3.05) is 13.1 Å². The van der Waals surface area contributed by atoms with Crippen LogP contribution in [0.1, 0.15) is 33.2 Å². The van der Waals surface area contributed by atoms with E-state index in [1.807, 2.05) is 0 Å². The van der Waals surface area contributed by atoms with Gasteiger partial charge in [0.25, 0.3) is 0 Å². The summed E-state index contributed by atoms with van der Waals surface area (Å²) < 4.78 is 5.82. The van der Waals surface area contributed by atoms with E-state index in [9.17, 15) is 24.7 Å². The van der Waals surface area contributed by atoms with Crippen LogP contribution in [0.5, 0.6) is 5.75 Å². The lowest BCUT2D eigenvalue weighted by Crippen LogP contribution is -2.58. The molecule has 1 saturated heterocycles. The number of hydrogen-bond donors (Lipinski definition) is 5. The number of benzene rings is 1. The number of aromatic nitrogens is 3. The second-order valence-corrected chi connectivity index (χ2v) is 7.61. The van der Waals surface area contributed by atoms with Crippen molar-refractivity contribution in [1.82, 2.24) is 20.3 Å². The molecule has 154 valence electrons. The Morgan fingerprint density at radius 3 is 2.76 bits per heavy atom. The molecule has 1 atom stereocenters. The van der Waals surface area contributed by atoms with Gasteiger partial charge in [-0.05, 0) is 11.6 Å². The maximum atomic E-state index is 12.4. The fraction of sp³-hybridized carbons (Fsp3) is 0.412. The van der Waals surface area contributed by atoms with E-state index in [0.717, 1.165) is 5.56 Å². The molecule has 3 heterocycles. The predicted molar refractivity (Wildman–Crippen MR) is 100 cm³/mol. The number of nitrogens with two attached hydrogens (primary N) is 1. The zero-order valence-electron chi connectivity index (χ0n) is 15.5. The number of aromatic carboxylic acids is 1. The van der Waals surface area contributed by atoms with Gasteiger partial charge in [-0.25, -0.2) is 4.79 Å². The summed E-state index contributed by atoms with van der Waals surface area (Å²) in [7, 11) is 0. The molecule has 12 heteroatoms. The average molecular weight is 402 g/mol. The van der Waals surface area contributed by atoms with Crippen LogP contribution < -0.4 is 10.5 Å². The molecule has 2 aliphatic rings. The Morgan fingerprint density at radius 1 is 1.34 bits per heavy atom. The molecule has 0 spiro atoms. The van der Waals surface area contributed by atoms with E-state index in [1.165, 1.54) is 11.1 Å². The highest BCUT2D eigenvalue weighted by Gasteiger charge is 2.37. The molecule has 0 saturated carbocycles. The van der Waals surface area contributed by atoms with Crippen molar-refractivity contribution in [2.45, 2.75) is 31.2 Å². The summed E-state index contributed by atoms with van der Waals surface area (Å²) in [6, 6.07) is 2.41. The molecule has 2 aliphatic heterocycles. The maximum absolute atomic E-state index is 12.4. The second-order valence-electron chi connectivity index (χ2n) is 7.61. The molecule has 2 aromatic rings. The van der Waals surface area contributed by atoms with Crippen molar-refractivity contribution in [2.24, 2.45) is 5.73 Å². The van der Waals surface area contributed by atoms with Gasteiger partial charge in [-0.3, -0.25) is 4.79 Å². The van der Waals surface area contributed by atoms with Crippen molar-refractivity contribution in [3.05, 3.63) is 40.7 Å². The summed E-state index contributed by atoms with van der Waals surface area (Å²) in [6.07, 6.45) is 1.48. The van der Waals surface area contributed by atoms with Gasteiger partial charge in [-0.15, -0.1) is 12.6 Å². The predicted octanol–water partition coefficient (Wildman–Crippen LogP) is -1.14. The van der Waals surface area contributed by atoms with Gasteiger partial charge in [0.15, 0.2) is 0 Å². The highest BCUT2D eigenvalue weighted by atomic mass is 16.5. The highest BCUT2D eigenvalue weighted by Crippen LogP contribution is 2.34. The molecule has 1 aromatic heterocycles. The summed E-state index contributed by atoms with van der Waals surface area (Å²) in [5.41, 5.74) is 7.33. The van der Waals surface area contributed by atoms with Crippen molar-refractivity contribution in [1.29, 1.82) is 0 Å². The Hall–Kier alpha value is -2.96. The molecule has 1 amide bonds. The first kappa shape index (κ1) is 19.4. The molecule has 1 fully saturated rings. The Bertz CT molecular complexity index is 944. The van der Waals surface area contributed by atoms with Gasteiger partial charge in [0.1, 0.15) is 29.2 Å². The number of amides is 1. The molecule has 1 unspecified atom stereocenters. The van der Waals surface area contributed by atoms with Gasteiger partial charge in [-0.1, -0.05) is 18.1 Å². The van der Waals surface area contributed by atoms with Crippen LogP contribution in [0.3, 0.4) is 0 Å². The Labute approximate surface area is 165 Å². The van der Waals surface area contributed by atoms with Crippen molar-refractivity contribution >= 4 is 18.4 Å². The number of carboxylic acid groups (broad SMARTS) is 1. The molecular weight excluding hydrogens is 381 g/mol. The number of H-pyrrole nitrogens is 1. The van der Waals surface area contributed by atoms with Crippen LogP contribution in [0, 0.1) is 0 Å². The van der Waals surface area contributed by atoms with Crippen molar-refractivity contribution in [3.8, 4) is 5.75 Å². The van der Waals surface area contributed by atoms with Crippen molar-refractivity contribution < 1.29 is 29.5 Å². The monoisotopic (exact) mass is 402 g/mol. The number of carboxylic acids is 1. The number of aromatic amines is 1. The maximum Gasteiger partial charge on any atom is 0.339 e. The van der Waals surface area contributed by atoms with Gasteiger partial charge >= 0.3 is 5.97 Å². The lowest BCUT2D eigenvalue weighted by atomic mass is 9.47. The zero-order valence-corrected chi connectivity index (χ0v) is 15.5. The lowest BCUT2D eigenvalue weighted by Gasteiger charge is -2.40. The molecule has 0 radical (unpaired) electrons. The smallest absolute Gasteiger partial charge is 0.339 e. The second kappa shape index (κ2) is 7.14. The number of hydrogen-bond acceptors (Lipinski definition) is 8. The van der Waals surface area contributed by atoms with E-state index in [0.29, 0.717) is 17.7 Å². The summed E-state index contributed by atoms with van der Waals surface area (Å²) in [6.45, 7) is -2.10. The van der Waals surface area contributed by atoms with E-state index >= 15 is 0 Å². The summed E-state index contributed by atoms with van der Waals surface area (Å²) in [5, 5.41) is 39.5. The number of likely N-dealkylation sites (tertiary alicyclic amines) is 1. The van der Waals surface area contributed by atoms with Crippen LogP contribution in [0.25, 0.3) is 0 Å². The summed E-state index contributed by atoms with van der Waals surface area (Å²) in [5.74, 6) is -1.36. The quantitative estimate of drug-likeness (QED) is 0.387. The first-order valence-corrected chi connectivity index (χ1v) is 9.32. The summed E-state index contributed by atoms with van der Waals surface area (Å²) >= 11 is 0.